The van der Waals surface area contributed by atoms with Crippen molar-refractivity contribution in [2.75, 3.05) is 24.6 Å². The van der Waals surface area contributed by atoms with E-state index < -0.39 is 7.92 Å². The quantitative estimate of drug-likeness (QED) is 0.0944. The molecule has 0 aliphatic rings. The Labute approximate surface area is 222 Å². The maximum absolute atomic E-state index is 4.85. The van der Waals surface area contributed by atoms with Crippen molar-refractivity contribution >= 4 is 55.0 Å². The molecule has 0 bridgehead atoms. The SMILES string of the molecule is [CH2-]CC[N-]CCSCCCC.[Cl][Ru+2][Cl].c1ccc([PH+](c2ccccc2)c2ccccc2)cc1. The van der Waals surface area contributed by atoms with Gasteiger partial charge in [0.05, 0.1) is 7.92 Å². The Bertz CT molecular complexity index is 695. The summed E-state index contributed by atoms with van der Waals surface area (Å²) in [4.78, 5) is 0. The van der Waals surface area contributed by atoms with Crippen LogP contribution >= 0.6 is 39.1 Å². The molecular formula is C27H35Cl2NPRuS+. The molecule has 33 heavy (non-hydrogen) atoms. The largest absolute Gasteiger partial charge is 0.102 e. The number of hydrogen-bond acceptors (Lipinski definition) is 1. The summed E-state index contributed by atoms with van der Waals surface area (Å²) < 4.78 is 0. The summed E-state index contributed by atoms with van der Waals surface area (Å²) in [6.45, 7) is 7.92. The fraction of sp³-hybridized carbons (Fsp3) is 0.296. The molecule has 0 heterocycles. The molecule has 180 valence electrons. The van der Waals surface area contributed by atoms with Gasteiger partial charge in [0.1, 0.15) is 15.9 Å². The normalized spacial score (nSPS) is 10.1. The van der Waals surface area contributed by atoms with Gasteiger partial charge in [0.15, 0.2) is 0 Å². The van der Waals surface area contributed by atoms with Gasteiger partial charge in [0.2, 0.25) is 0 Å². The van der Waals surface area contributed by atoms with Crippen LogP contribution < -0.4 is 15.9 Å². The summed E-state index contributed by atoms with van der Waals surface area (Å²) >= 11 is 1.67. The van der Waals surface area contributed by atoms with Gasteiger partial charge in [-0.3, -0.25) is 0 Å². The summed E-state index contributed by atoms with van der Waals surface area (Å²) in [5, 5.41) is 8.61. The molecule has 6 heteroatoms. The Morgan fingerprint density at radius 3 is 1.55 bits per heavy atom. The first-order chi connectivity index (χ1) is 16.3. The van der Waals surface area contributed by atoms with Crippen LogP contribution in [0.5, 0.6) is 0 Å². The molecule has 0 saturated carbocycles. The Morgan fingerprint density at radius 2 is 1.18 bits per heavy atom. The predicted octanol–water partition coefficient (Wildman–Crippen LogP) is 7.67. The molecule has 3 aromatic carbocycles. The van der Waals surface area contributed by atoms with Crippen LogP contribution in [0, 0.1) is 6.92 Å². The second-order valence-electron chi connectivity index (χ2n) is 7.01. The van der Waals surface area contributed by atoms with Gasteiger partial charge in [-0.15, -0.1) is 6.54 Å². The first-order valence-corrected chi connectivity index (χ1v) is 18.3. The Kier molecular flexibility index (Phi) is 20.5. The van der Waals surface area contributed by atoms with Crippen molar-refractivity contribution in [3.8, 4) is 0 Å². The van der Waals surface area contributed by atoms with Crippen molar-refractivity contribution in [2.24, 2.45) is 0 Å². The fourth-order valence-corrected chi connectivity index (χ4v) is 6.55. The van der Waals surface area contributed by atoms with Crippen LogP contribution in [0.25, 0.3) is 5.32 Å². The summed E-state index contributed by atoms with van der Waals surface area (Å²) in [5.74, 6) is 2.50. The zero-order valence-electron chi connectivity index (χ0n) is 19.3. The van der Waals surface area contributed by atoms with Crippen molar-refractivity contribution in [1.82, 2.24) is 0 Å². The molecule has 0 saturated heterocycles. The average molecular weight is 609 g/mol. The molecule has 0 unspecified atom stereocenters. The van der Waals surface area contributed by atoms with E-state index in [2.05, 4.69) is 110 Å². The van der Waals surface area contributed by atoms with Crippen LogP contribution in [-0.4, -0.2) is 24.6 Å². The van der Waals surface area contributed by atoms with Crippen LogP contribution in [0.2, 0.25) is 0 Å². The summed E-state index contributed by atoms with van der Waals surface area (Å²) in [6, 6.07) is 32.5. The molecule has 0 fully saturated rings. The first kappa shape index (κ1) is 30.6. The van der Waals surface area contributed by atoms with E-state index in [1.165, 1.54) is 40.3 Å². The van der Waals surface area contributed by atoms with Gasteiger partial charge in [0.25, 0.3) is 0 Å². The fourth-order valence-electron chi connectivity index (χ4n) is 3.02. The maximum Gasteiger partial charge on any atom is 0.102 e. The zero-order valence-corrected chi connectivity index (χ0v) is 24.3. The summed E-state index contributed by atoms with van der Waals surface area (Å²) in [6.07, 6.45) is 3.60. The average Bonchev–Trinajstić information content (AvgIpc) is 2.87. The monoisotopic (exact) mass is 608 g/mol. The smallest absolute Gasteiger partial charge is 0.0620 e. The van der Waals surface area contributed by atoms with Crippen molar-refractivity contribution in [3.05, 3.63) is 103 Å². The van der Waals surface area contributed by atoms with Crippen LogP contribution in [0.3, 0.4) is 0 Å². The molecule has 3 rings (SSSR count). The molecule has 3 aromatic rings. The second-order valence-corrected chi connectivity index (χ2v) is 13.4. The molecule has 0 atom stereocenters. The molecule has 1 nitrogen and oxygen atoms in total. The molecule has 0 radical (unpaired) electrons. The number of thioether (sulfide) groups is 1. The van der Waals surface area contributed by atoms with Gasteiger partial charge >= 0.3 is 34.5 Å². The van der Waals surface area contributed by atoms with Gasteiger partial charge in [0, 0.05) is 0 Å². The number of halogens is 2. The Morgan fingerprint density at radius 1 is 0.758 bits per heavy atom. The zero-order chi connectivity index (χ0) is 24.0. The second kappa shape index (κ2) is 22.1. The van der Waals surface area contributed by atoms with Crippen molar-refractivity contribution in [2.45, 2.75) is 26.2 Å². The predicted molar refractivity (Wildman–Crippen MR) is 154 cm³/mol. The van der Waals surface area contributed by atoms with Gasteiger partial charge in [-0.05, 0) is 54.3 Å². The Balaban J connectivity index is 0.000000333. The summed E-state index contributed by atoms with van der Waals surface area (Å²) in [5.41, 5.74) is 0. The van der Waals surface area contributed by atoms with Crippen molar-refractivity contribution in [3.63, 3.8) is 0 Å². The van der Waals surface area contributed by atoms with Crippen LogP contribution in [0.4, 0.5) is 0 Å². The van der Waals surface area contributed by atoms with Crippen molar-refractivity contribution < 1.29 is 15.1 Å². The van der Waals surface area contributed by atoms with Crippen LogP contribution in [0.15, 0.2) is 91.0 Å². The minimum Gasteiger partial charge on any atom is -0.0620 e. The van der Waals surface area contributed by atoms with E-state index in [9.17, 15) is 0 Å². The topological polar surface area (TPSA) is 14.1 Å². The number of unbranched alkanes of at least 4 members (excludes halogenated alkanes) is 1. The molecule has 0 aliphatic heterocycles. The van der Waals surface area contributed by atoms with Gasteiger partial charge in [-0.2, -0.15) is 18.3 Å². The van der Waals surface area contributed by atoms with Crippen LogP contribution in [0.1, 0.15) is 26.2 Å². The van der Waals surface area contributed by atoms with Crippen molar-refractivity contribution in [1.29, 1.82) is 0 Å². The third kappa shape index (κ3) is 14.6. The minimum absolute atomic E-state index is 0.346. The number of rotatable bonds is 11. The Hall–Kier alpha value is -0.397. The molecular weight excluding hydrogens is 573 g/mol. The van der Waals surface area contributed by atoms with Crippen LogP contribution in [-0.2, 0) is 15.1 Å². The molecule has 0 amide bonds. The standard InChI is InChI=1S/C18H15P.C9H19NS.2ClH.Ru/c1-4-10-16(11-5-1)19(17-12-6-2-7-13-17)18-14-8-3-9-15-18;1-3-5-8-11-9-7-10-6-4-2;;;/h1-15H;2-9H2,1H3;2*1H;/q;-2;;;+4/p-1. The molecule has 0 aromatic heterocycles. The van der Waals surface area contributed by atoms with Gasteiger partial charge in [-0.25, -0.2) is 6.42 Å². The number of nitrogens with zero attached hydrogens (tertiary/aromatic N) is 1. The number of hydrogen-bond donors (Lipinski definition) is 0. The molecule has 0 aliphatic carbocycles. The van der Waals surface area contributed by atoms with E-state index in [-0.39, 0.29) is 15.1 Å². The van der Waals surface area contributed by atoms with E-state index in [0.29, 0.717) is 0 Å². The molecule has 0 N–H and O–H groups in total. The van der Waals surface area contributed by atoms with Gasteiger partial charge < -0.3 is 12.2 Å². The van der Waals surface area contributed by atoms with E-state index >= 15 is 0 Å². The minimum atomic E-state index is -0.877. The first-order valence-electron chi connectivity index (χ1n) is 11.2. The third-order valence-corrected chi connectivity index (χ3v) is 8.32. The summed E-state index contributed by atoms with van der Waals surface area (Å²) in [7, 11) is 8.83. The third-order valence-electron chi connectivity index (χ3n) is 4.54. The van der Waals surface area contributed by atoms with E-state index in [1.54, 1.807) is 0 Å². The van der Waals surface area contributed by atoms with E-state index in [1.807, 2.05) is 11.8 Å². The van der Waals surface area contributed by atoms with E-state index in [4.69, 9.17) is 19.4 Å². The molecule has 0 spiro atoms. The van der Waals surface area contributed by atoms with E-state index in [0.717, 1.165) is 19.5 Å². The maximum atomic E-state index is 4.85. The number of benzene rings is 3. The van der Waals surface area contributed by atoms with Gasteiger partial charge in [-0.1, -0.05) is 67.9 Å².